The maximum absolute atomic E-state index is 6.73. The first-order valence-electron chi connectivity index (χ1n) is 12.4. The summed E-state index contributed by atoms with van der Waals surface area (Å²) in [7, 11) is 0. The molecule has 0 radical (unpaired) electrons. The highest BCUT2D eigenvalue weighted by Gasteiger charge is 2.52. The van der Waals surface area contributed by atoms with Crippen molar-refractivity contribution in [1.82, 2.24) is 0 Å². The van der Waals surface area contributed by atoms with E-state index < -0.39 is 0 Å². The maximum Gasteiger partial charge on any atom is 0.0731 e. The minimum Gasteiger partial charge on any atom is -0.0843 e. The lowest BCUT2D eigenvalue weighted by molar-refractivity contribution is 0.796. The molecule has 2 aliphatic carbocycles. The van der Waals surface area contributed by atoms with E-state index in [4.69, 9.17) is 11.6 Å². The van der Waals surface area contributed by atoms with Gasteiger partial charge in [0, 0.05) is 5.02 Å². The van der Waals surface area contributed by atoms with Crippen LogP contribution in [0.5, 0.6) is 0 Å². The largest absolute Gasteiger partial charge is 0.0843 e. The lowest BCUT2D eigenvalue weighted by atomic mass is 9.68. The van der Waals surface area contributed by atoms with E-state index in [2.05, 4.69) is 127 Å². The van der Waals surface area contributed by atoms with Gasteiger partial charge in [-0.05, 0) is 78.5 Å². The summed E-state index contributed by atoms with van der Waals surface area (Å²) in [6.45, 7) is 0. The van der Waals surface area contributed by atoms with Crippen LogP contribution in [-0.2, 0) is 5.41 Å². The molecular weight excluding hydrogens is 456 g/mol. The second kappa shape index (κ2) is 7.20. The van der Waals surface area contributed by atoms with Crippen LogP contribution in [0.3, 0.4) is 0 Å². The molecule has 0 aromatic heterocycles. The van der Waals surface area contributed by atoms with Gasteiger partial charge in [0.25, 0.3) is 0 Å². The molecule has 36 heavy (non-hydrogen) atoms. The summed E-state index contributed by atoms with van der Waals surface area (Å²) in [6.07, 6.45) is 0. The smallest absolute Gasteiger partial charge is 0.0731 e. The van der Waals surface area contributed by atoms with E-state index in [1.165, 1.54) is 61.0 Å². The molecule has 6 aromatic carbocycles. The van der Waals surface area contributed by atoms with Gasteiger partial charge in [-0.3, -0.25) is 0 Å². The van der Waals surface area contributed by atoms with Crippen molar-refractivity contribution in [1.29, 1.82) is 0 Å². The summed E-state index contributed by atoms with van der Waals surface area (Å²) in [5.74, 6) is 0. The molecule has 1 heteroatoms. The molecule has 0 atom stereocenters. The zero-order valence-electron chi connectivity index (χ0n) is 19.5. The molecule has 1 spiro atoms. The highest BCUT2D eigenvalue weighted by Crippen LogP contribution is 2.64. The van der Waals surface area contributed by atoms with Crippen molar-refractivity contribution in [2.75, 3.05) is 0 Å². The Kier molecular flexibility index (Phi) is 4.02. The fourth-order valence-corrected chi connectivity index (χ4v) is 7.10. The molecule has 0 nitrogen and oxygen atoms in total. The van der Waals surface area contributed by atoms with Crippen LogP contribution < -0.4 is 0 Å². The van der Waals surface area contributed by atoms with E-state index in [0.717, 1.165) is 10.4 Å². The molecule has 0 saturated heterocycles. The summed E-state index contributed by atoms with van der Waals surface area (Å²) >= 11 is 6.73. The van der Waals surface area contributed by atoms with Crippen molar-refractivity contribution in [3.8, 4) is 33.4 Å². The Balaban J connectivity index is 1.60. The monoisotopic (exact) mass is 476 g/mol. The molecule has 0 bridgehead atoms. The topological polar surface area (TPSA) is 0 Å². The van der Waals surface area contributed by atoms with Crippen LogP contribution in [0.25, 0.3) is 44.2 Å². The second-order valence-electron chi connectivity index (χ2n) is 9.79. The molecule has 0 N–H and O–H groups in total. The molecule has 2 aliphatic rings. The number of hydrogen-bond donors (Lipinski definition) is 0. The van der Waals surface area contributed by atoms with Gasteiger partial charge in [-0.25, -0.2) is 0 Å². The van der Waals surface area contributed by atoms with E-state index in [-0.39, 0.29) is 5.41 Å². The molecule has 0 saturated carbocycles. The van der Waals surface area contributed by atoms with Crippen LogP contribution >= 0.6 is 11.6 Å². The predicted molar refractivity (Wildman–Crippen MR) is 151 cm³/mol. The molecule has 168 valence electrons. The summed E-state index contributed by atoms with van der Waals surface area (Å²) in [6, 6.07) is 46.4. The summed E-state index contributed by atoms with van der Waals surface area (Å²) in [5, 5.41) is 3.15. The molecule has 8 rings (SSSR count). The van der Waals surface area contributed by atoms with Gasteiger partial charge in [-0.1, -0.05) is 127 Å². The van der Waals surface area contributed by atoms with Gasteiger partial charge in [-0.15, -0.1) is 0 Å². The van der Waals surface area contributed by atoms with Crippen LogP contribution in [0.2, 0.25) is 5.02 Å². The maximum atomic E-state index is 6.73. The van der Waals surface area contributed by atoms with Gasteiger partial charge in [0.2, 0.25) is 0 Å². The van der Waals surface area contributed by atoms with E-state index in [0.29, 0.717) is 0 Å². The number of rotatable bonds is 1. The summed E-state index contributed by atoms with van der Waals surface area (Å²) in [4.78, 5) is 0. The number of hydrogen-bond acceptors (Lipinski definition) is 0. The Morgan fingerprint density at radius 1 is 0.417 bits per heavy atom. The van der Waals surface area contributed by atoms with Crippen LogP contribution in [-0.4, -0.2) is 0 Å². The zero-order chi connectivity index (χ0) is 23.9. The quantitative estimate of drug-likeness (QED) is 0.221. The van der Waals surface area contributed by atoms with Crippen molar-refractivity contribution in [3.63, 3.8) is 0 Å². The van der Waals surface area contributed by atoms with Crippen molar-refractivity contribution in [3.05, 3.63) is 155 Å². The van der Waals surface area contributed by atoms with Crippen molar-refractivity contribution >= 4 is 22.4 Å². The van der Waals surface area contributed by atoms with E-state index in [9.17, 15) is 0 Å². The van der Waals surface area contributed by atoms with Gasteiger partial charge in [0.15, 0.2) is 0 Å². The van der Waals surface area contributed by atoms with Crippen molar-refractivity contribution in [2.24, 2.45) is 0 Å². The average Bonchev–Trinajstić information content (AvgIpc) is 3.40. The fraction of sp³-hybridized carbons (Fsp3) is 0.0286. The number of halogens is 1. The Morgan fingerprint density at radius 2 is 0.889 bits per heavy atom. The lowest BCUT2D eigenvalue weighted by Crippen LogP contribution is -2.26. The first-order valence-corrected chi connectivity index (χ1v) is 12.8. The number of benzene rings is 6. The Labute approximate surface area is 215 Å². The third-order valence-corrected chi connectivity index (χ3v) is 8.35. The van der Waals surface area contributed by atoms with Crippen LogP contribution in [0.15, 0.2) is 127 Å². The van der Waals surface area contributed by atoms with E-state index >= 15 is 0 Å². The minimum atomic E-state index is -0.376. The average molecular weight is 477 g/mol. The molecule has 6 aromatic rings. The minimum absolute atomic E-state index is 0.376. The highest BCUT2D eigenvalue weighted by molar-refractivity contribution is 6.32. The summed E-state index contributed by atoms with van der Waals surface area (Å²) in [5.41, 5.74) is 12.7. The Bertz CT molecular complexity index is 1800. The molecule has 0 unspecified atom stereocenters. The molecule has 0 aliphatic heterocycles. The Hall–Kier alpha value is -4.13. The lowest BCUT2D eigenvalue weighted by Gasteiger charge is -2.32. The molecule has 0 amide bonds. The Morgan fingerprint density at radius 3 is 1.53 bits per heavy atom. The highest BCUT2D eigenvalue weighted by atomic mass is 35.5. The van der Waals surface area contributed by atoms with Crippen LogP contribution in [0, 0.1) is 0 Å². The van der Waals surface area contributed by atoms with Gasteiger partial charge in [0.05, 0.1) is 5.41 Å². The van der Waals surface area contributed by atoms with E-state index in [1.807, 2.05) is 0 Å². The fourth-order valence-electron chi connectivity index (χ4n) is 6.88. The second-order valence-corrected chi connectivity index (χ2v) is 10.2. The third kappa shape index (κ3) is 2.40. The van der Waals surface area contributed by atoms with Crippen LogP contribution in [0.1, 0.15) is 22.3 Å². The normalized spacial score (nSPS) is 13.9. The first-order chi connectivity index (χ1) is 17.8. The third-order valence-electron chi connectivity index (χ3n) is 8.13. The number of fused-ring (bicyclic) bond motifs is 11. The predicted octanol–water partition coefficient (Wildman–Crippen LogP) is 9.50. The molecule has 0 fully saturated rings. The van der Waals surface area contributed by atoms with Crippen molar-refractivity contribution in [2.45, 2.75) is 5.41 Å². The summed E-state index contributed by atoms with van der Waals surface area (Å²) < 4.78 is 0. The molecular formula is C35H21Cl. The molecule has 0 heterocycles. The van der Waals surface area contributed by atoms with Gasteiger partial charge >= 0.3 is 0 Å². The first kappa shape index (κ1) is 20.1. The van der Waals surface area contributed by atoms with Crippen molar-refractivity contribution < 1.29 is 0 Å². The van der Waals surface area contributed by atoms with Crippen LogP contribution in [0.4, 0.5) is 0 Å². The van der Waals surface area contributed by atoms with Gasteiger partial charge in [-0.2, -0.15) is 0 Å². The zero-order valence-corrected chi connectivity index (χ0v) is 20.3. The van der Waals surface area contributed by atoms with Gasteiger partial charge in [0.1, 0.15) is 0 Å². The standard InChI is InChI=1S/C35H21Cl/c36-23-20-22-10-1-2-11-24(22)30(21-23)29-16-9-15-28-27-14-5-8-19-33(27)35(34(28)29)31-17-6-3-12-25(31)26-13-4-7-18-32(26)35/h1-21H. The SMILES string of the molecule is Clc1cc(-c2cccc3c2C2(c4ccccc4-c4ccccc42)c2ccccc2-3)c2ccccc2c1. The van der Waals surface area contributed by atoms with Gasteiger partial charge < -0.3 is 0 Å². The van der Waals surface area contributed by atoms with E-state index in [1.54, 1.807) is 0 Å².